The van der Waals surface area contributed by atoms with E-state index in [1.54, 1.807) is 12.1 Å². The molecule has 1 fully saturated rings. The molecule has 148 valence electrons. The number of hydrogen-bond acceptors (Lipinski definition) is 4. The second-order valence-corrected chi connectivity index (χ2v) is 10.1. The van der Waals surface area contributed by atoms with Crippen molar-refractivity contribution in [3.8, 4) is 0 Å². The van der Waals surface area contributed by atoms with Crippen LogP contribution in [0.3, 0.4) is 0 Å². The highest BCUT2D eigenvalue weighted by molar-refractivity contribution is 14.0. The molecule has 0 radical (unpaired) electrons. The van der Waals surface area contributed by atoms with Crippen molar-refractivity contribution in [3.05, 3.63) is 29.8 Å². The molecule has 1 aliphatic rings. The first-order valence-electron chi connectivity index (χ1n) is 8.67. The molecule has 8 heteroatoms. The average molecular weight is 511 g/mol. The molecule has 0 bridgehead atoms. The fourth-order valence-corrected chi connectivity index (χ4v) is 4.75. The van der Waals surface area contributed by atoms with E-state index in [4.69, 9.17) is 0 Å². The van der Waals surface area contributed by atoms with E-state index in [1.165, 1.54) is 6.26 Å². The lowest BCUT2D eigenvalue weighted by Gasteiger charge is -2.36. The van der Waals surface area contributed by atoms with Crippen LogP contribution in [0.1, 0.15) is 19.4 Å². The quantitative estimate of drug-likeness (QED) is 0.374. The molecule has 1 heterocycles. The average Bonchev–Trinajstić information content (AvgIpc) is 2.58. The number of aliphatic imine (C=N–C) groups is 1. The van der Waals surface area contributed by atoms with Crippen LogP contribution in [0.25, 0.3) is 0 Å². The van der Waals surface area contributed by atoms with Gasteiger partial charge in [0.15, 0.2) is 15.8 Å². The summed E-state index contributed by atoms with van der Waals surface area (Å²) in [4.78, 5) is 7.13. The minimum atomic E-state index is -3.13. The van der Waals surface area contributed by atoms with Crippen LogP contribution in [0.15, 0.2) is 34.2 Å². The summed E-state index contributed by atoms with van der Waals surface area (Å²) in [6.07, 6.45) is 2.06. The first-order chi connectivity index (χ1) is 11.8. The smallest absolute Gasteiger partial charge is 0.193 e. The van der Waals surface area contributed by atoms with Crippen molar-refractivity contribution >= 4 is 51.5 Å². The lowest BCUT2D eigenvalue weighted by molar-refractivity contribution is 0.381. The maximum atomic E-state index is 11.5. The summed E-state index contributed by atoms with van der Waals surface area (Å²) in [7, 11) is -1.30. The third-order valence-corrected chi connectivity index (χ3v) is 7.06. The van der Waals surface area contributed by atoms with Crippen molar-refractivity contribution in [1.82, 2.24) is 10.2 Å². The molecule has 0 amide bonds. The molecule has 5 nitrogen and oxygen atoms in total. The topological polar surface area (TPSA) is 61.8 Å². The molecule has 1 aromatic carbocycles. The van der Waals surface area contributed by atoms with Gasteiger partial charge in [-0.2, -0.15) is 11.8 Å². The van der Waals surface area contributed by atoms with E-state index in [0.717, 1.165) is 43.3 Å². The zero-order valence-electron chi connectivity index (χ0n) is 15.9. The molecule has 2 rings (SSSR count). The van der Waals surface area contributed by atoms with Crippen molar-refractivity contribution in [1.29, 1.82) is 0 Å². The van der Waals surface area contributed by atoms with Crippen LogP contribution in [-0.2, 0) is 16.3 Å². The molecule has 0 spiro atoms. The Morgan fingerprint density at radius 2 is 2.00 bits per heavy atom. The summed E-state index contributed by atoms with van der Waals surface area (Å²) in [5, 5.41) is 4.09. The summed E-state index contributed by atoms with van der Waals surface area (Å²) >= 11 is 2.05. The van der Waals surface area contributed by atoms with Crippen LogP contribution < -0.4 is 5.32 Å². The lowest BCUT2D eigenvalue weighted by atomic mass is 10.1. The van der Waals surface area contributed by atoms with E-state index >= 15 is 0 Å². The molecular weight excluding hydrogens is 481 g/mol. The van der Waals surface area contributed by atoms with E-state index in [-0.39, 0.29) is 24.0 Å². The Morgan fingerprint density at radius 1 is 1.35 bits per heavy atom. The van der Waals surface area contributed by atoms with Crippen molar-refractivity contribution < 1.29 is 8.42 Å². The molecule has 0 aliphatic carbocycles. The van der Waals surface area contributed by atoms with Crippen molar-refractivity contribution in [2.75, 3.05) is 38.7 Å². The number of guanidine groups is 1. The van der Waals surface area contributed by atoms with Gasteiger partial charge in [-0.05, 0) is 30.0 Å². The number of rotatable bonds is 5. The highest BCUT2D eigenvalue weighted by Gasteiger charge is 2.24. The number of nitrogens with zero attached hydrogens (tertiary/aromatic N) is 2. The first-order valence-corrected chi connectivity index (χ1v) is 11.6. The van der Waals surface area contributed by atoms with Crippen molar-refractivity contribution in [2.45, 2.75) is 30.4 Å². The molecular formula is C18H30IN3O2S2. The second kappa shape index (κ2) is 10.8. The van der Waals surface area contributed by atoms with Crippen LogP contribution in [0, 0.1) is 5.92 Å². The van der Waals surface area contributed by atoms with Crippen molar-refractivity contribution in [3.63, 3.8) is 0 Å². The Bertz CT molecular complexity index is 691. The summed E-state index contributed by atoms with van der Waals surface area (Å²) in [6, 6.07) is 7.11. The summed E-state index contributed by atoms with van der Waals surface area (Å²) < 4.78 is 23.0. The van der Waals surface area contributed by atoms with Gasteiger partial charge in [0.05, 0.1) is 4.90 Å². The van der Waals surface area contributed by atoms with Gasteiger partial charge in [-0.15, -0.1) is 24.0 Å². The van der Waals surface area contributed by atoms with Gasteiger partial charge in [0.2, 0.25) is 0 Å². The second-order valence-electron chi connectivity index (χ2n) is 6.74. The Balaban J connectivity index is 0.00000338. The van der Waals surface area contributed by atoms with Gasteiger partial charge in [0.1, 0.15) is 0 Å². The van der Waals surface area contributed by atoms with E-state index in [9.17, 15) is 8.42 Å². The fourth-order valence-electron chi connectivity index (χ4n) is 2.83. The van der Waals surface area contributed by atoms with E-state index in [1.807, 2.05) is 19.2 Å². The van der Waals surface area contributed by atoms with Gasteiger partial charge >= 0.3 is 0 Å². The molecule has 26 heavy (non-hydrogen) atoms. The number of hydrogen-bond donors (Lipinski definition) is 1. The van der Waals surface area contributed by atoms with Gasteiger partial charge < -0.3 is 10.2 Å². The van der Waals surface area contributed by atoms with Gasteiger partial charge in [-0.1, -0.05) is 26.0 Å². The predicted octanol–water partition coefficient (Wildman–Crippen LogP) is 2.90. The van der Waals surface area contributed by atoms with Gasteiger partial charge in [-0.3, -0.25) is 4.99 Å². The number of nitrogens with one attached hydrogen (secondary N) is 1. The predicted molar refractivity (Wildman–Crippen MR) is 123 cm³/mol. The molecule has 1 unspecified atom stereocenters. The van der Waals surface area contributed by atoms with Gasteiger partial charge in [-0.25, -0.2) is 8.42 Å². The molecule has 1 aromatic rings. The molecule has 1 aliphatic heterocycles. The summed E-state index contributed by atoms with van der Waals surface area (Å²) in [5.41, 5.74) is 1.12. The monoisotopic (exact) mass is 511 g/mol. The third kappa shape index (κ3) is 6.92. The lowest BCUT2D eigenvalue weighted by Crippen LogP contribution is -2.49. The van der Waals surface area contributed by atoms with E-state index in [2.05, 4.69) is 40.8 Å². The molecule has 0 aromatic heterocycles. The normalized spacial score (nSPS) is 18.6. The molecule has 1 saturated heterocycles. The SMILES string of the molecule is CN=C(NCCc1ccc(S(C)(=O)=O)cc1)N1CCSC(C(C)C)C1.I. The maximum Gasteiger partial charge on any atom is 0.193 e. The van der Waals surface area contributed by atoms with Crippen molar-refractivity contribution in [2.24, 2.45) is 10.9 Å². The zero-order chi connectivity index (χ0) is 18.4. The number of halogens is 1. The maximum absolute atomic E-state index is 11.5. The fraction of sp³-hybridized carbons (Fsp3) is 0.611. The minimum Gasteiger partial charge on any atom is -0.356 e. The highest BCUT2D eigenvalue weighted by Crippen LogP contribution is 2.24. The molecule has 1 atom stereocenters. The minimum absolute atomic E-state index is 0. The van der Waals surface area contributed by atoms with Crippen LogP contribution >= 0.6 is 35.7 Å². The standard InChI is InChI=1S/C18H29N3O2S2.HI/c1-14(2)17-13-21(11-12-24-17)18(19-3)20-10-9-15-5-7-16(8-6-15)25(4,22)23;/h5-8,14,17H,9-13H2,1-4H3,(H,19,20);1H. The van der Waals surface area contributed by atoms with Crippen LogP contribution in [-0.4, -0.2) is 63.2 Å². The largest absolute Gasteiger partial charge is 0.356 e. The number of thioether (sulfide) groups is 1. The summed E-state index contributed by atoms with van der Waals surface area (Å²) in [5.74, 6) is 2.76. The van der Waals surface area contributed by atoms with Gasteiger partial charge in [0.25, 0.3) is 0 Å². The van der Waals surface area contributed by atoms with Crippen LogP contribution in [0.5, 0.6) is 0 Å². The summed E-state index contributed by atoms with van der Waals surface area (Å²) in [6.45, 7) is 7.39. The Morgan fingerprint density at radius 3 is 2.54 bits per heavy atom. The molecule has 1 N–H and O–H groups in total. The number of sulfone groups is 1. The van der Waals surface area contributed by atoms with E-state index < -0.39 is 9.84 Å². The Hall–Kier alpha value is -0.480. The first kappa shape index (κ1) is 23.6. The van der Waals surface area contributed by atoms with Gasteiger partial charge in [0, 0.05) is 43.9 Å². The Labute approximate surface area is 179 Å². The van der Waals surface area contributed by atoms with E-state index in [0.29, 0.717) is 16.1 Å². The number of benzene rings is 1. The van der Waals surface area contributed by atoms with Crippen LogP contribution in [0.2, 0.25) is 0 Å². The third-order valence-electron chi connectivity index (χ3n) is 4.40. The zero-order valence-corrected chi connectivity index (χ0v) is 19.9. The highest BCUT2D eigenvalue weighted by atomic mass is 127. The Kier molecular flexibility index (Phi) is 9.74. The molecule has 0 saturated carbocycles. The van der Waals surface area contributed by atoms with Crippen LogP contribution in [0.4, 0.5) is 0 Å².